The zero-order valence-corrected chi connectivity index (χ0v) is 12.2. The third kappa shape index (κ3) is 6.73. The number of aliphatic hydroxyl groups excluding tert-OH is 3. The first-order valence-electron chi connectivity index (χ1n) is 6.18. The number of hydrogen-bond donors (Lipinski definition) is 5. The lowest BCUT2D eigenvalue weighted by Gasteiger charge is -2.36. The summed E-state index contributed by atoms with van der Waals surface area (Å²) in [5.41, 5.74) is 1.01. The number of benzene rings is 1. The standard InChI is InChI=1S/C12H20NO3.H2O3Si/c14-9-6-13(7-10-15,8-11-16)12-4-2-1-3-5-12;1-4(2)3/h1-5,14-16H,6-11H2;1-2H/q+1;. The number of rotatable bonds is 7. The van der Waals surface area contributed by atoms with Crippen molar-refractivity contribution in [2.24, 2.45) is 0 Å². The van der Waals surface area contributed by atoms with Crippen LogP contribution in [-0.2, 0) is 4.46 Å². The van der Waals surface area contributed by atoms with Crippen molar-refractivity contribution in [3.63, 3.8) is 0 Å². The Morgan fingerprint density at radius 2 is 1.20 bits per heavy atom. The molecule has 0 fully saturated rings. The van der Waals surface area contributed by atoms with Crippen molar-refractivity contribution >= 4 is 14.9 Å². The number of nitrogens with zero attached hydrogens (tertiary/aromatic N) is 1. The molecule has 0 aromatic heterocycles. The highest BCUT2D eigenvalue weighted by atomic mass is 28.3. The first kappa shape index (κ1) is 18.7. The van der Waals surface area contributed by atoms with E-state index in [9.17, 15) is 0 Å². The van der Waals surface area contributed by atoms with E-state index in [1.54, 1.807) is 0 Å². The molecule has 0 bridgehead atoms. The maximum absolute atomic E-state index is 9.14. The fourth-order valence-electron chi connectivity index (χ4n) is 2.04. The number of aliphatic hydroxyl groups is 3. The van der Waals surface area contributed by atoms with E-state index < -0.39 is 9.17 Å². The topological polar surface area (TPSA) is 118 Å². The molecule has 8 heteroatoms. The molecular weight excluding hydrogens is 282 g/mol. The highest BCUT2D eigenvalue weighted by Gasteiger charge is 2.28. The monoisotopic (exact) mass is 304 g/mol. The normalized spacial score (nSPS) is 10.6. The van der Waals surface area contributed by atoms with Gasteiger partial charge in [0, 0.05) is 0 Å². The molecule has 0 atom stereocenters. The molecule has 0 heterocycles. The zero-order chi connectivity index (χ0) is 15.4. The van der Waals surface area contributed by atoms with Crippen molar-refractivity contribution < 1.29 is 29.4 Å². The SMILES string of the molecule is O=[Si](O)O.OCC[N+](CCO)(CCO)c1ccccc1. The molecule has 0 saturated carbocycles. The summed E-state index contributed by atoms with van der Waals surface area (Å²) in [5.74, 6) is 0. The zero-order valence-electron chi connectivity index (χ0n) is 11.2. The van der Waals surface area contributed by atoms with Crippen LogP contribution in [0.1, 0.15) is 0 Å². The highest BCUT2D eigenvalue weighted by Crippen LogP contribution is 2.21. The van der Waals surface area contributed by atoms with Gasteiger partial charge in [-0.15, -0.1) is 0 Å². The van der Waals surface area contributed by atoms with Gasteiger partial charge in [0.1, 0.15) is 25.3 Å². The maximum atomic E-state index is 9.14. The van der Waals surface area contributed by atoms with Crippen LogP contribution in [0.15, 0.2) is 30.3 Å². The minimum absolute atomic E-state index is 0.0366. The fourth-order valence-corrected chi connectivity index (χ4v) is 2.04. The summed E-state index contributed by atoms with van der Waals surface area (Å²) in [4.78, 5) is 14.3. The molecule has 0 unspecified atom stereocenters. The lowest BCUT2D eigenvalue weighted by atomic mass is 10.2. The van der Waals surface area contributed by atoms with Crippen LogP contribution < -0.4 is 4.48 Å². The van der Waals surface area contributed by atoms with Crippen molar-refractivity contribution in [2.45, 2.75) is 0 Å². The third-order valence-corrected chi connectivity index (χ3v) is 2.89. The number of hydrogen-bond acceptors (Lipinski definition) is 4. The van der Waals surface area contributed by atoms with Crippen LogP contribution in [0, 0.1) is 0 Å². The lowest BCUT2D eigenvalue weighted by molar-refractivity contribution is 0.138. The molecule has 1 aromatic carbocycles. The molecule has 0 aliphatic rings. The van der Waals surface area contributed by atoms with Gasteiger partial charge in [-0.2, -0.15) is 0 Å². The Kier molecular flexibility index (Phi) is 9.77. The van der Waals surface area contributed by atoms with Gasteiger partial charge in [-0.3, -0.25) is 8.94 Å². The van der Waals surface area contributed by atoms with E-state index in [-0.39, 0.29) is 19.8 Å². The first-order chi connectivity index (χ1) is 9.52. The number of quaternary nitrogens is 1. The van der Waals surface area contributed by atoms with Gasteiger partial charge >= 0.3 is 9.17 Å². The summed E-state index contributed by atoms with van der Waals surface area (Å²) in [5, 5.41) is 27.4. The largest absolute Gasteiger partial charge is 0.761 e. The van der Waals surface area contributed by atoms with E-state index in [2.05, 4.69) is 0 Å². The summed E-state index contributed by atoms with van der Waals surface area (Å²) in [6.45, 7) is 1.63. The second-order valence-corrected chi connectivity index (χ2v) is 4.67. The van der Waals surface area contributed by atoms with Crippen LogP contribution >= 0.6 is 0 Å². The number of para-hydroxylation sites is 1. The van der Waals surface area contributed by atoms with Crippen molar-refractivity contribution in [3.8, 4) is 0 Å². The maximum Gasteiger partial charge on any atom is 0.761 e. The van der Waals surface area contributed by atoms with Crippen LogP contribution in [-0.4, -0.2) is 73.5 Å². The van der Waals surface area contributed by atoms with Gasteiger partial charge in [-0.05, 0) is 12.1 Å². The molecule has 0 spiro atoms. The molecular formula is C12H22NO6Si+. The molecule has 7 nitrogen and oxygen atoms in total. The van der Waals surface area contributed by atoms with Crippen LogP contribution in [0.25, 0.3) is 0 Å². The molecule has 0 amide bonds. The van der Waals surface area contributed by atoms with E-state index in [4.69, 9.17) is 29.4 Å². The average Bonchev–Trinajstić information content (AvgIpc) is 2.40. The predicted octanol–water partition coefficient (Wildman–Crippen LogP) is -1.64. The van der Waals surface area contributed by atoms with E-state index in [0.29, 0.717) is 24.1 Å². The molecule has 0 saturated heterocycles. The van der Waals surface area contributed by atoms with E-state index in [1.165, 1.54) is 0 Å². The van der Waals surface area contributed by atoms with Gasteiger partial charge in [0.15, 0.2) is 0 Å². The molecule has 0 aliphatic heterocycles. The van der Waals surface area contributed by atoms with Crippen LogP contribution in [0.3, 0.4) is 0 Å². The van der Waals surface area contributed by atoms with Gasteiger partial charge < -0.3 is 24.9 Å². The fraction of sp³-hybridized carbons (Fsp3) is 0.500. The molecule has 5 N–H and O–H groups in total. The van der Waals surface area contributed by atoms with Gasteiger partial charge in [0.05, 0.1) is 19.8 Å². The third-order valence-electron chi connectivity index (χ3n) is 2.89. The Morgan fingerprint density at radius 1 is 0.850 bits per heavy atom. The Labute approximate surface area is 119 Å². The Balaban J connectivity index is 0.000000796. The van der Waals surface area contributed by atoms with Crippen molar-refractivity contribution in [3.05, 3.63) is 30.3 Å². The van der Waals surface area contributed by atoms with Gasteiger partial charge in [0.25, 0.3) is 0 Å². The van der Waals surface area contributed by atoms with E-state index in [1.807, 2.05) is 30.3 Å². The second kappa shape index (κ2) is 10.5. The molecule has 0 aliphatic carbocycles. The quantitative estimate of drug-likeness (QED) is 0.304. The Morgan fingerprint density at radius 3 is 1.50 bits per heavy atom. The van der Waals surface area contributed by atoms with E-state index in [0.717, 1.165) is 5.69 Å². The van der Waals surface area contributed by atoms with Crippen LogP contribution in [0.5, 0.6) is 0 Å². The Hall–Kier alpha value is -1.32. The lowest BCUT2D eigenvalue weighted by Crippen LogP contribution is -2.54. The van der Waals surface area contributed by atoms with Crippen LogP contribution in [0.2, 0.25) is 0 Å². The summed E-state index contributed by atoms with van der Waals surface area (Å²) >= 11 is 0. The van der Waals surface area contributed by atoms with Gasteiger partial charge in [-0.1, -0.05) is 18.2 Å². The first-order valence-corrected chi connectivity index (χ1v) is 7.49. The van der Waals surface area contributed by atoms with Gasteiger partial charge in [0.2, 0.25) is 0 Å². The smallest absolute Gasteiger partial charge is 0.511 e. The summed E-state index contributed by atoms with van der Waals surface area (Å²) in [6.07, 6.45) is 0. The van der Waals surface area contributed by atoms with E-state index >= 15 is 0 Å². The van der Waals surface area contributed by atoms with Crippen molar-refractivity contribution in [1.82, 2.24) is 4.48 Å². The second-order valence-electron chi connectivity index (χ2n) is 4.10. The minimum Gasteiger partial charge on any atom is -0.511 e. The highest BCUT2D eigenvalue weighted by molar-refractivity contribution is 6.22. The minimum atomic E-state index is -3.13. The summed E-state index contributed by atoms with van der Waals surface area (Å²) < 4.78 is 9.16. The summed E-state index contributed by atoms with van der Waals surface area (Å²) in [6, 6.07) is 9.69. The predicted molar refractivity (Wildman–Crippen MR) is 75.0 cm³/mol. The molecule has 20 heavy (non-hydrogen) atoms. The molecule has 1 rings (SSSR count). The molecule has 0 radical (unpaired) electrons. The molecule has 1 aromatic rings. The van der Waals surface area contributed by atoms with Crippen molar-refractivity contribution in [1.29, 1.82) is 0 Å². The Bertz CT molecular complexity index is 354. The van der Waals surface area contributed by atoms with Gasteiger partial charge in [-0.25, -0.2) is 0 Å². The molecule has 114 valence electrons. The van der Waals surface area contributed by atoms with Crippen LogP contribution in [0.4, 0.5) is 5.69 Å². The summed E-state index contributed by atoms with van der Waals surface area (Å²) in [7, 11) is -3.13. The average molecular weight is 304 g/mol. The van der Waals surface area contributed by atoms with Crippen molar-refractivity contribution in [2.75, 3.05) is 39.5 Å².